The fourth-order valence-corrected chi connectivity index (χ4v) is 5.03. The standard InChI is InChI=1S/C15H22O4/c1-9-3-4-14(7-16)11(5-9)19-12-6-10(17)13(14,2)15(12)8-18-15/h5,10-12,16-17H,3-4,6-8H2,1-2H3/t10-,11-,12-,13?,14-,15?/m0/s1. The normalized spacial score (nSPS) is 58.9. The van der Waals surface area contributed by atoms with Gasteiger partial charge in [-0.2, -0.15) is 0 Å². The predicted molar refractivity (Wildman–Crippen MR) is 68.6 cm³/mol. The Morgan fingerprint density at radius 3 is 2.84 bits per heavy atom. The molecule has 0 amide bonds. The van der Waals surface area contributed by atoms with Gasteiger partial charge in [-0.05, 0) is 19.8 Å². The minimum atomic E-state index is -0.455. The van der Waals surface area contributed by atoms with E-state index in [4.69, 9.17) is 9.47 Å². The molecule has 4 rings (SSSR count). The van der Waals surface area contributed by atoms with Crippen LogP contribution in [-0.4, -0.2) is 47.3 Å². The monoisotopic (exact) mass is 266 g/mol. The molecular formula is C15H22O4. The molecule has 2 aliphatic heterocycles. The van der Waals surface area contributed by atoms with E-state index < -0.39 is 16.9 Å². The van der Waals surface area contributed by atoms with Gasteiger partial charge in [0, 0.05) is 17.3 Å². The highest BCUT2D eigenvalue weighted by molar-refractivity contribution is 5.32. The van der Waals surface area contributed by atoms with Crippen molar-refractivity contribution in [1.82, 2.24) is 0 Å². The fourth-order valence-electron chi connectivity index (χ4n) is 5.03. The molecule has 2 unspecified atom stereocenters. The molecular weight excluding hydrogens is 244 g/mol. The van der Waals surface area contributed by atoms with Crippen LogP contribution < -0.4 is 0 Å². The summed E-state index contributed by atoms with van der Waals surface area (Å²) in [7, 11) is 0. The zero-order valence-electron chi connectivity index (χ0n) is 11.6. The van der Waals surface area contributed by atoms with Crippen LogP contribution in [0.4, 0.5) is 0 Å². The smallest absolute Gasteiger partial charge is 0.126 e. The van der Waals surface area contributed by atoms with Gasteiger partial charge in [0.1, 0.15) is 5.60 Å². The third-order valence-electron chi connectivity index (χ3n) is 6.53. The first kappa shape index (κ1) is 12.3. The van der Waals surface area contributed by atoms with Crippen LogP contribution in [0.1, 0.15) is 33.1 Å². The van der Waals surface area contributed by atoms with Crippen molar-refractivity contribution in [3.8, 4) is 0 Å². The van der Waals surface area contributed by atoms with E-state index in [-0.39, 0.29) is 24.4 Å². The molecule has 0 radical (unpaired) electrons. The summed E-state index contributed by atoms with van der Waals surface area (Å²) in [6.45, 7) is 4.92. The Bertz CT molecular complexity index is 455. The topological polar surface area (TPSA) is 62.2 Å². The summed E-state index contributed by atoms with van der Waals surface area (Å²) in [6, 6.07) is 0. The summed E-state index contributed by atoms with van der Waals surface area (Å²) in [5.41, 5.74) is 0.152. The molecule has 106 valence electrons. The van der Waals surface area contributed by atoms with Gasteiger partial charge in [-0.3, -0.25) is 0 Å². The van der Waals surface area contributed by atoms with Crippen molar-refractivity contribution >= 4 is 0 Å². The molecule has 4 nitrogen and oxygen atoms in total. The number of hydrogen-bond donors (Lipinski definition) is 2. The van der Waals surface area contributed by atoms with Crippen molar-refractivity contribution in [3.63, 3.8) is 0 Å². The summed E-state index contributed by atoms with van der Waals surface area (Å²) in [5, 5.41) is 20.8. The predicted octanol–water partition coefficient (Wildman–Crippen LogP) is 1.01. The first-order valence-electron chi connectivity index (χ1n) is 7.26. The van der Waals surface area contributed by atoms with E-state index in [9.17, 15) is 10.2 Å². The Labute approximate surface area is 113 Å². The van der Waals surface area contributed by atoms with Gasteiger partial charge in [-0.1, -0.05) is 18.6 Å². The average molecular weight is 266 g/mol. The first-order valence-corrected chi connectivity index (χ1v) is 7.26. The van der Waals surface area contributed by atoms with Crippen LogP contribution in [0.15, 0.2) is 11.6 Å². The van der Waals surface area contributed by atoms with Gasteiger partial charge in [0.15, 0.2) is 0 Å². The van der Waals surface area contributed by atoms with E-state index in [1.54, 1.807) is 0 Å². The molecule has 6 atom stereocenters. The van der Waals surface area contributed by atoms with E-state index in [2.05, 4.69) is 19.9 Å². The average Bonchev–Trinajstić information content (AvgIpc) is 3.15. The highest BCUT2D eigenvalue weighted by atomic mass is 16.6. The van der Waals surface area contributed by atoms with Crippen LogP contribution >= 0.6 is 0 Å². The maximum Gasteiger partial charge on any atom is 0.126 e. The Balaban J connectivity index is 1.89. The molecule has 2 heterocycles. The number of hydrogen-bond acceptors (Lipinski definition) is 4. The number of aliphatic hydroxyl groups is 2. The molecule has 1 saturated carbocycles. The lowest BCUT2D eigenvalue weighted by atomic mass is 9.51. The number of aliphatic hydroxyl groups excluding tert-OH is 2. The van der Waals surface area contributed by atoms with Crippen LogP contribution in [0.25, 0.3) is 0 Å². The zero-order chi connectivity index (χ0) is 13.5. The maximum absolute atomic E-state index is 10.6. The number of rotatable bonds is 1. The van der Waals surface area contributed by atoms with Gasteiger partial charge < -0.3 is 19.7 Å². The Morgan fingerprint density at radius 1 is 1.47 bits per heavy atom. The number of fused-ring (bicyclic) bond motifs is 2. The van der Waals surface area contributed by atoms with Crippen molar-refractivity contribution < 1.29 is 19.7 Å². The lowest BCUT2D eigenvalue weighted by Gasteiger charge is -2.58. The van der Waals surface area contributed by atoms with Gasteiger partial charge in [-0.25, -0.2) is 0 Å². The molecule has 2 aliphatic carbocycles. The van der Waals surface area contributed by atoms with Crippen molar-refractivity contribution in [2.75, 3.05) is 13.2 Å². The summed E-state index contributed by atoms with van der Waals surface area (Å²) in [4.78, 5) is 0. The van der Waals surface area contributed by atoms with Gasteiger partial charge in [0.2, 0.25) is 0 Å². The minimum absolute atomic E-state index is 0.0284. The SMILES string of the molecule is CC1=C[C@@H]2O[C@H]3C[C@H](O)C(C)(C34CO4)[C@]2(CO)CC1. The fraction of sp³-hybridized carbons (Fsp3) is 0.867. The minimum Gasteiger partial charge on any atom is -0.396 e. The number of allylic oxidation sites excluding steroid dienone is 1. The highest BCUT2D eigenvalue weighted by Gasteiger charge is 2.81. The molecule has 0 aromatic heterocycles. The summed E-state index contributed by atoms with van der Waals surface area (Å²) in [5.74, 6) is 0. The molecule has 2 bridgehead atoms. The van der Waals surface area contributed by atoms with Crippen molar-refractivity contribution in [1.29, 1.82) is 0 Å². The van der Waals surface area contributed by atoms with E-state index in [1.807, 2.05) is 0 Å². The van der Waals surface area contributed by atoms with Crippen LogP contribution in [0.5, 0.6) is 0 Å². The quantitative estimate of drug-likeness (QED) is 0.549. The van der Waals surface area contributed by atoms with E-state index in [1.165, 1.54) is 5.57 Å². The lowest BCUT2D eigenvalue weighted by molar-refractivity contribution is -0.225. The molecule has 4 aliphatic rings. The lowest BCUT2D eigenvalue weighted by Crippen LogP contribution is -2.66. The Hall–Kier alpha value is -0.420. The second kappa shape index (κ2) is 3.42. The maximum atomic E-state index is 10.6. The largest absolute Gasteiger partial charge is 0.396 e. The Kier molecular flexibility index (Phi) is 2.22. The van der Waals surface area contributed by atoms with Crippen LogP contribution in [0.2, 0.25) is 0 Å². The van der Waals surface area contributed by atoms with E-state index in [0.29, 0.717) is 13.0 Å². The third kappa shape index (κ3) is 1.13. The molecule has 3 fully saturated rings. The molecule has 1 spiro atoms. The van der Waals surface area contributed by atoms with Gasteiger partial charge in [-0.15, -0.1) is 0 Å². The highest BCUT2D eigenvalue weighted by Crippen LogP contribution is 2.71. The molecule has 2 N–H and O–H groups in total. The second-order valence-electron chi connectivity index (χ2n) is 7.00. The number of ether oxygens (including phenoxy) is 2. The third-order valence-corrected chi connectivity index (χ3v) is 6.53. The molecule has 4 heteroatoms. The molecule has 0 aromatic carbocycles. The van der Waals surface area contributed by atoms with Crippen LogP contribution in [0, 0.1) is 10.8 Å². The van der Waals surface area contributed by atoms with E-state index >= 15 is 0 Å². The summed E-state index contributed by atoms with van der Waals surface area (Å²) < 4.78 is 12.0. The first-order chi connectivity index (χ1) is 9.00. The van der Waals surface area contributed by atoms with Crippen LogP contribution in [-0.2, 0) is 9.47 Å². The van der Waals surface area contributed by atoms with Crippen LogP contribution in [0.3, 0.4) is 0 Å². The summed E-state index contributed by atoms with van der Waals surface area (Å²) in [6.07, 6.45) is 4.03. The van der Waals surface area contributed by atoms with Gasteiger partial charge >= 0.3 is 0 Å². The zero-order valence-corrected chi connectivity index (χ0v) is 11.6. The van der Waals surface area contributed by atoms with Gasteiger partial charge in [0.05, 0.1) is 31.5 Å². The van der Waals surface area contributed by atoms with Crippen molar-refractivity contribution in [3.05, 3.63) is 11.6 Å². The van der Waals surface area contributed by atoms with Gasteiger partial charge in [0.25, 0.3) is 0 Å². The van der Waals surface area contributed by atoms with Crippen molar-refractivity contribution in [2.45, 2.75) is 57.0 Å². The molecule has 2 saturated heterocycles. The van der Waals surface area contributed by atoms with E-state index in [0.717, 1.165) is 12.8 Å². The molecule has 19 heavy (non-hydrogen) atoms. The van der Waals surface area contributed by atoms with Crippen molar-refractivity contribution in [2.24, 2.45) is 10.8 Å². The Morgan fingerprint density at radius 2 is 2.21 bits per heavy atom. The molecule has 0 aromatic rings. The second-order valence-corrected chi connectivity index (χ2v) is 7.00. The summed E-state index contributed by atoms with van der Waals surface area (Å²) >= 11 is 0. The number of epoxide rings is 1.